The van der Waals surface area contributed by atoms with Crippen molar-refractivity contribution in [1.82, 2.24) is 5.43 Å². The second kappa shape index (κ2) is 9.38. The number of para-hydroxylation sites is 2. The smallest absolute Gasteiger partial charge is 0.341 e. The van der Waals surface area contributed by atoms with Crippen LogP contribution in [0, 0.1) is 0 Å². The van der Waals surface area contributed by atoms with Crippen molar-refractivity contribution in [3.05, 3.63) is 54.1 Å². The lowest BCUT2D eigenvalue weighted by molar-refractivity contribution is -0.139. The summed E-state index contributed by atoms with van der Waals surface area (Å²) in [6.45, 7) is 1.40. The molecule has 0 fully saturated rings. The monoisotopic (exact) mass is 373 g/mol. The van der Waals surface area contributed by atoms with E-state index >= 15 is 0 Å². The normalized spacial score (nSPS) is 10.8. The molecule has 0 atom stereocenters. The highest BCUT2D eigenvalue weighted by molar-refractivity contribution is 7.80. The number of carbonyl (C=O) groups is 1. The molecule has 0 radical (unpaired) electrons. The van der Waals surface area contributed by atoms with E-state index in [9.17, 15) is 4.79 Å². The van der Waals surface area contributed by atoms with Crippen molar-refractivity contribution in [3.63, 3.8) is 0 Å². The van der Waals surface area contributed by atoms with E-state index in [0.29, 0.717) is 22.3 Å². The Labute approximate surface area is 156 Å². The van der Waals surface area contributed by atoms with Crippen molar-refractivity contribution in [2.75, 3.05) is 19.0 Å². The Balaban J connectivity index is 2.00. The van der Waals surface area contributed by atoms with Gasteiger partial charge in [-0.25, -0.2) is 4.79 Å². The summed E-state index contributed by atoms with van der Waals surface area (Å²) in [7, 11) is 1.58. The highest BCUT2D eigenvalue weighted by Crippen LogP contribution is 2.22. The fourth-order valence-electron chi connectivity index (χ4n) is 2.05. The number of benzene rings is 2. The lowest BCUT2D eigenvalue weighted by Crippen LogP contribution is -2.25. The molecule has 2 aromatic rings. The minimum absolute atomic E-state index is 0.312. The molecule has 0 aromatic heterocycles. The zero-order valence-corrected chi connectivity index (χ0v) is 15.2. The fraction of sp³-hybridized carbons (Fsp3) is 0.167. The van der Waals surface area contributed by atoms with Crippen LogP contribution in [0.5, 0.6) is 11.5 Å². The molecule has 3 N–H and O–H groups in total. The number of methoxy groups -OCH3 is 1. The standard InChI is InChI=1S/C18H19N3O4S/c1-12(13-6-5-7-14(10-13)25-11-17(22)23)20-21-18(26)19-15-8-3-4-9-16(15)24-2/h3-10H,11H2,1-2H3,(H,22,23)(H2,19,21,26)/b20-12-. The van der Waals surface area contributed by atoms with Gasteiger partial charge in [-0.05, 0) is 43.4 Å². The van der Waals surface area contributed by atoms with Gasteiger partial charge in [0, 0.05) is 5.56 Å². The van der Waals surface area contributed by atoms with Gasteiger partial charge in [-0.15, -0.1) is 0 Å². The maximum Gasteiger partial charge on any atom is 0.341 e. The van der Waals surface area contributed by atoms with Gasteiger partial charge in [0.2, 0.25) is 0 Å². The van der Waals surface area contributed by atoms with Crippen molar-refractivity contribution in [1.29, 1.82) is 0 Å². The van der Waals surface area contributed by atoms with Crippen molar-refractivity contribution in [3.8, 4) is 11.5 Å². The zero-order valence-electron chi connectivity index (χ0n) is 14.4. The van der Waals surface area contributed by atoms with E-state index in [1.165, 1.54) is 0 Å². The van der Waals surface area contributed by atoms with Crippen LogP contribution in [0.15, 0.2) is 53.6 Å². The lowest BCUT2D eigenvalue weighted by Gasteiger charge is -2.11. The van der Waals surface area contributed by atoms with E-state index in [2.05, 4.69) is 15.8 Å². The molecule has 0 aliphatic heterocycles. The summed E-state index contributed by atoms with van der Waals surface area (Å²) in [5.74, 6) is 0.0880. The number of nitrogens with one attached hydrogen (secondary N) is 2. The van der Waals surface area contributed by atoms with E-state index in [1.54, 1.807) is 32.2 Å². The van der Waals surface area contributed by atoms with Crippen LogP contribution in [0.2, 0.25) is 0 Å². The fourth-order valence-corrected chi connectivity index (χ4v) is 2.21. The number of hydrazone groups is 1. The number of carboxylic acid groups (broad SMARTS) is 1. The molecule has 26 heavy (non-hydrogen) atoms. The first kappa shape index (κ1) is 19.2. The highest BCUT2D eigenvalue weighted by atomic mass is 32.1. The SMILES string of the molecule is COc1ccccc1NC(=S)N/N=C(/C)c1cccc(OCC(=O)O)c1. The van der Waals surface area contributed by atoms with Gasteiger partial charge < -0.3 is 19.9 Å². The Hall–Kier alpha value is -3.13. The van der Waals surface area contributed by atoms with Crippen molar-refractivity contribution >= 4 is 34.7 Å². The minimum atomic E-state index is -1.03. The first-order valence-corrected chi connectivity index (χ1v) is 8.09. The summed E-state index contributed by atoms with van der Waals surface area (Å²) >= 11 is 5.23. The Morgan fingerprint density at radius 1 is 1.23 bits per heavy atom. The van der Waals surface area contributed by atoms with Crippen molar-refractivity contribution < 1.29 is 19.4 Å². The number of hydrogen-bond donors (Lipinski definition) is 3. The Morgan fingerprint density at radius 3 is 2.73 bits per heavy atom. The predicted octanol–water partition coefficient (Wildman–Crippen LogP) is 2.87. The topological polar surface area (TPSA) is 92.2 Å². The van der Waals surface area contributed by atoms with Gasteiger partial charge in [0.25, 0.3) is 0 Å². The van der Waals surface area contributed by atoms with Gasteiger partial charge in [0.05, 0.1) is 18.5 Å². The van der Waals surface area contributed by atoms with Gasteiger partial charge in [-0.1, -0.05) is 24.3 Å². The first-order valence-electron chi connectivity index (χ1n) is 7.69. The number of ether oxygens (including phenoxy) is 2. The number of aliphatic carboxylic acids is 1. The summed E-state index contributed by atoms with van der Waals surface area (Å²) < 4.78 is 10.4. The van der Waals surface area contributed by atoms with Gasteiger partial charge >= 0.3 is 5.97 Å². The van der Waals surface area contributed by atoms with Crippen LogP contribution in [-0.4, -0.2) is 35.6 Å². The van der Waals surface area contributed by atoms with E-state index in [-0.39, 0.29) is 0 Å². The molecule has 7 nitrogen and oxygen atoms in total. The average molecular weight is 373 g/mol. The summed E-state index contributed by atoms with van der Waals surface area (Å²) in [6, 6.07) is 14.4. The number of nitrogens with zero attached hydrogens (tertiary/aromatic N) is 1. The van der Waals surface area contributed by atoms with E-state index in [0.717, 1.165) is 11.3 Å². The third kappa shape index (κ3) is 5.75. The van der Waals surface area contributed by atoms with E-state index in [1.807, 2.05) is 30.3 Å². The molecule has 0 bridgehead atoms. The summed E-state index contributed by atoms with van der Waals surface area (Å²) in [6.07, 6.45) is 0. The maximum absolute atomic E-state index is 10.6. The lowest BCUT2D eigenvalue weighted by atomic mass is 10.1. The van der Waals surface area contributed by atoms with E-state index in [4.69, 9.17) is 26.8 Å². The molecule has 0 aliphatic rings. The molecule has 0 amide bonds. The minimum Gasteiger partial charge on any atom is -0.495 e. The number of carboxylic acids is 1. The summed E-state index contributed by atoms with van der Waals surface area (Å²) in [5, 5.41) is 16.2. The third-order valence-electron chi connectivity index (χ3n) is 3.29. The van der Waals surface area contributed by atoms with Crippen LogP contribution >= 0.6 is 12.2 Å². The van der Waals surface area contributed by atoms with Crippen LogP contribution in [0.1, 0.15) is 12.5 Å². The molecule has 2 aromatic carbocycles. The second-order valence-electron chi connectivity index (χ2n) is 5.17. The number of rotatable bonds is 7. The molecule has 0 aliphatic carbocycles. The highest BCUT2D eigenvalue weighted by Gasteiger charge is 2.05. The molecule has 136 valence electrons. The van der Waals surface area contributed by atoms with Crippen LogP contribution in [0.4, 0.5) is 5.69 Å². The molecule has 0 saturated carbocycles. The van der Waals surface area contributed by atoms with Crippen LogP contribution in [-0.2, 0) is 4.79 Å². The largest absolute Gasteiger partial charge is 0.495 e. The predicted molar refractivity (Wildman–Crippen MR) is 104 cm³/mol. The molecular formula is C18H19N3O4S. The van der Waals surface area contributed by atoms with Gasteiger partial charge in [0.15, 0.2) is 11.7 Å². The average Bonchev–Trinajstić information content (AvgIpc) is 2.65. The molecule has 2 rings (SSSR count). The third-order valence-corrected chi connectivity index (χ3v) is 3.49. The molecule has 8 heteroatoms. The number of hydrogen-bond acceptors (Lipinski definition) is 5. The maximum atomic E-state index is 10.6. The molecule has 0 saturated heterocycles. The summed E-state index contributed by atoms with van der Waals surface area (Å²) in [5.41, 5.74) is 4.93. The molecular weight excluding hydrogens is 354 g/mol. The van der Waals surface area contributed by atoms with Crippen molar-refractivity contribution in [2.24, 2.45) is 5.10 Å². The van der Waals surface area contributed by atoms with Gasteiger partial charge in [-0.2, -0.15) is 5.10 Å². The summed E-state index contributed by atoms with van der Waals surface area (Å²) in [4.78, 5) is 10.6. The first-order chi connectivity index (χ1) is 12.5. The molecule has 0 heterocycles. The second-order valence-corrected chi connectivity index (χ2v) is 5.58. The Kier molecular flexibility index (Phi) is 6.92. The van der Waals surface area contributed by atoms with Crippen molar-refractivity contribution in [2.45, 2.75) is 6.92 Å². The Bertz CT molecular complexity index is 824. The van der Waals surface area contributed by atoms with Gasteiger partial charge in [-0.3, -0.25) is 5.43 Å². The van der Waals surface area contributed by atoms with Crippen LogP contribution in [0.3, 0.4) is 0 Å². The Morgan fingerprint density at radius 2 is 2.00 bits per heavy atom. The van der Waals surface area contributed by atoms with Crippen LogP contribution < -0.4 is 20.2 Å². The quantitative estimate of drug-likeness (QED) is 0.390. The number of thiocarbonyl (C=S) groups is 1. The zero-order chi connectivity index (χ0) is 18.9. The molecule has 0 spiro atoms. The molecule has 0 unspecified atom stereocenters. The van der Waals surface area contributed by atoms with E-state index < -0.39 is 12.6 Å². The number of anilines is 1. The van der Waals surface area contributed by atoms with Gasteiger partial charge in [0.1, 0.15) is 11.5 Å². The van der Waals surface area contributed by atoms with Crippen LogP contribution in [0.25, 0.3) is 0 Å².